The number of fused-ring (bicyclic) bond motifs is 4. The SMILES string of the molecule is CCCCc1cc2c(-c3ccccc3-c3ccccc3)c(-c3ccccc3)ccc2[cH-]1.[Cl-].[Cl-].[Zr+4].[c-]1cccc2c1[Si]c1ccccc1-2. The third-order valence-corrected chi connectivity index (χ3v) is 9.84. The van der Waals surface area contributed by atoms with Crippen molar-refractivity contribution < 1.29 is 51.0 Å². The first-order chi connectivity index (χ1) is 21.8. The van der Waals surface area contributed by atoms with Crippen molar-refractivity contribution in [1.29, 1.82) is 0 Å². The maximum atomic E-state index is 3.31. The van der Waals surface area contributed by atoms with Gasteiger partial charge in [-0.05, 0) is 34.2 Å². The first-order valence-corrected chi connectivity index (χ1v) is 16.6. The van der Waals surface area contributed by atoms with Crippen LogP contribution in [-0.4, -0.2) is 9.52 Å². The van der Waals surface area contributed by atoms with E-state index < -0.39 is 0 Å². The van der Waals surface area contributed by atoms with Crippen LogP contribution < -0.4 is 35.2 Å². The average molecular weight is 741 g/mol. The molecule has 1 aliphatic rings. The molecule has 0 nitrogen and oxygen atoms in total. The molecule has 0 saturated carbocycles. The standard InChI is InChI=1S/C31H27.C12H7Si.2ClH.Zr/c1-2-3-12-23-21-26-19-20-28(25-15-8-5-9-16-25)31(30(26)22-23)29-18-11-10-17-27(29)24-13-6-4-7-14-24;1-3-7-11-9(5-1)10-6-2-4-8-12(10)13-11;;;/h4-11,13-22H,2-3,12H2,1H3;1-7H;2*1H;/q2*-1;;;+4/p-2. The minimum Gasteiger partial charge on any atom is -1.00 e. The van der Waals surface area contributed by atoms with Crippen LogP contribution in [0.5, 0.6) is 0 Å². The minimum absolute atomic E-state index is 0. The van der Waals surface area contributed by atoms with Crippen LogP contribution in [0.4, 0.5) is 0 Å². The van der Waals surface area contributed by atoms with Gasteiger partial charge in [-0.3, -0.25) is 0 Å². The average Bonchev–Trinajstić information content (AvgIpc) is 3.69. The predicted octanol–water partition coefficient (Wildman–Crippen LogP) is 4.03. The van der Waals surface area contributed by atoms with E-state index in [-0.39, 0.29) is 51.0 Å². The molecule has 0 saturated heterocycles. The van der Waals surface area contributed by atoms with Gasteiger partial charge in [0, 0.05) is 0 Å². The maximum Gasteiger partial charge on any atom is 4.00 e. The summed E-state index contributed by atoms with van der Waals surface area (Å²) in [5.74, 6) is 0. The Kier molecular flexibility index (Phi) is 13.3. The van der Waals surface area contributed by atoms with Gasteiger partial charge in [0.05, 0.1) is 9.52 Å². The summed E-state index contributed by atoms with van der Waals surface area (Å²) in [5, 5.41) is 5.52. The van der Waals surface area contributed by atoms with Crippen LogP contribution in [0.3, 0.4) is 0 Å². The van der Waals surface area contributed by atoms with Crippen molar-refractivity contribution in [3.05, 3.63) is 163 Å². The Morgan fingerprint density at radius 3 is 1.89 bits per heavy atom. The van der Waals surface area contributed by atoms with E-state index in [1.807, 2.05) is 6.07 Å². The quantitative estimate of drug-likeness (QED) is 0.179. The number of benzene rings is 6. The van der Waals surface area contributed by atoms with Gasteiger partial charge in [-0.25, -0.2) is 0 Å². The van der Waals surface area contributed by atoms with Crippen molar-refractivity contribution in [2.45, 2.75) is 26.2 Å². The summed E-state index contributed by atoms with van der Waals surface area (Å²) < 4.78 is 0. The second-order valence-corrected chi connectivity index (χ2v) is 12.7. The van der Waals surface area contributed by atoms with Crippen molar-refractivity contribution in [3.63, 3.8) is 0 Å². The number of unbranched alkanes of at least 4 members (excludes halogenated alkanes) is 1. The molecule has 0 atom stereocenters. The molecule has 0 N–H and O–H groups in total. The van der Waals surface area contributed by atoms with Crippen molar-refractivity contribution in [1.82, 2.24) is 0 Å². The Hall–Kier alpha value is -3.39. The Balaban J connectivity index is 0.000000263. The monoisotopic (exact) mass is 738 g/mol. The van der Waals surface area contributed by atoms with Crippen LogP contribution >= 0.6 is 0 Å². The van der Waals surface area contributed by atoms with E-state index in [9.17, 15) is 0 Å². The van der Waals surface area contributed by atoms with Crippen LogP contribution in [0.1, 0.15) is 25.3 Å². The zero-order chi connectivity index (χ0) is 29.7. The second-order valence-electron chi connectivity index (χ2n) is 11.4. The summed E-state index contributed by atoms with van der Waals surface area (Å²) in [6.45, 7) is 2.26. The smallest absolute Gasteiger partial charge is 1.00 e. The van der Waals surface area contributed by atoms with Crippen molar-refractivity contribution in [2.75, 3.05) is 0 Å². The third-order valence-electron chi connectivity index (χ3n) is 8.47. The number of halogens is 2. The summed E-state index contributed by atoms with van der Waals surface area (Å²) in [6, 6.07) is 57.9. The minimum atomic E-state index is 0. The first-order valence-electron chi connectivity index (χ1n) is 15.6. The summed E-state index contributed by atoms with van der Waals surface area (Å²) >= 11 is 0. The molecule has 0 fully saturated rings. The summed E-state index contributed by atoms with van der Waals surface area (Å²) in [6.07, 6.45) is 3.60. The molecule has 8 rings (SSSR count). The van der Waals surface area contributed by atoms with E-state index in [4.69, 9.17) is 0 Å². The molecule has 7 aromatic rings. The van der Waals surface area contributed by atoms with Gasteiger partial charge in [-0.1, -0.05) is 151 Å². The Bertz CT molecular complexity index is 1990. The van der Waals surface area contributed by atoms with Crippen LogP contribution in [0, 0.1) is 6.07 Å². The van der Waals surface area contributed by atoms with E-state index >= 15 is 0 Å². The molecule has 0 spiro atoms. The van der Waals surface area contributed by atoms with Gasteiger partial charge in [-0.15, -0.1) is 34.0 Å². The summed E-state index contributed by atoms with van der Waals surface area (Å²) in [4.78, 5) is 0. The van der Waals surface area contributed by atoms with Gasteiger partial charge < -0.3 is 24.8 Å². The van der Waals surface area contributed by atoms with E-state index in [1.54, 1.807) is 0 Å². The summed E-state index contributed by atoms with van der Waals surface area (Å²) in [5.41, 5.74) is 11.9. The van der Waals surface area contributed by atoms with E-state index in [2.05, 4.69) is 159 Å². The predicted molar refractivity (Wildman–Crippen MR) is 190 cm³/mol. The Labute approximate surface area is 313 Å². The van der Waals surface area contributed by atoms with Crippen molar-refractivity contribution in [3.8, 4) is 44.5 Å². The van der Waals surface area contributed by atoms with Crippen LogP contribution in [0.2, 0.25) is 0 Å². The van der Waals surface area contributed by atoms with Crippen molar-refractivity contribution in [2.24, 2.45) is 0 Å². The molecule has 47 heavy (non-hydrogen) atoms. The molecule has 7 aromatic carbocycles. The zero-order valence-corrected chi connectivity index (χ0v) is 31.3. The topological polar surface area (TPSA) is 0 Å². The van der Waals surface area contributed by atoms with Gasteiger partial charge >= 0.3 is 26.2 Å². The van der Waals surface area contributed by atoms with E-state index in [0.717, 1.165) is 15.9 Å². The molecule has 0 aromatic heterocycles. The number of aryl methyl sites for hydroxylation is 1. The van der Waals surface area contributed by atoms with Crippen molar-refractivity contribution >= 4 is 30.7 Å². The molecule has 0 bridgehead atoms. The Morgan fingerprint density at radius 2 is 1.19 bits per heavy atom. The van der Waals surface area contributed by atoms with Gasteiger partial charge in [0.25, 0.3) is 0 Å². The normalized spacial score (nSPS) is 10.7. The molecule has 0 aliphatic carbocycles. The van der Waals surface area contributed by atoms with Gasteiger partial charge in [0.15, 0.2) is 0 Å². The maximum absolute atomic E-state index is 3.31. The summed E-state index contributed by atoms with van der Waals surface area (Å²) in [7, 11) is 0.795. The molecular formula is C43H34Cl2SiZr. The molecule has 0 amide bonds. The van der Waals surface area contributed by atoms with Crippen LogP contribution in [-0.2, 0) is 32.6 Å². The molecular weight excluding hydrogens is 707 g/mol. The molecule has 4 heteroatoms. The molecule has 0 unspecified atom stereocenters. The molecule has 228 valence electrons. The molecule has 1 aliphatic heterocycles. The van der Waals surface area contributed by atoms with Gasteiger partial charge in [0.2, 0.25) is 0 Å². The number of rotatable bonds is 6. The first kappa shape index (κ1) is 36.4. The van der Waals surface area contributed by atoms with Gasteiger partial charge in [-0.2, -0.15) is 35.5 Å². The van der Waals surface area contributed by atoms with E-state index in [0.29, 0.717) is 0 Å². The number of hydrogen-bond donors (Lipinski definition) is 0. The Morgan fingerprint density at radius 1 is 0.596 bits per heavy atom. The van der Waals surface area contributed by atoms with Crippen LogP contribution in [0.15, 0.2) is 152 Å². The van der Waals surface area contributed by atoms with Gasteiger partial charge in [0.1, 0.15) is 0 Å². The fourth-order valence-corrected chi connectivity index (χ4v) is 7.62. The fraction of sp³-hybridized carbons (Fsp3) is 0.0930. The molecule has 1 heterocycles. The largest absolute Gasteiger partial charge is 4.00 e. The van der Waals surface area contributed by atoms with E-state index in [1.165, 1.54) is 84.1 Å². The fourth-order valence-electron chi connectivity index (χ4n) is 6.31. The zero-order valence-electron chi connectivity index (χ0n) is 26.3. The third kappa shape index (κ3) is 7.85. The number of hydrogen-bond acceptors (Lipinski definition) is 0. The van der Waals surface area contributed by atoms with Crippen LogP contribution in [0.25, 0.3) is 55.3 Å². The molecule has 2 radical (unpaired) electrons. The second kappa shape index (κ2) is 17.1.